The second-order valence-corrected chi connectivity index (χ2v) is 5.61. The van der Waals surface area contributed by atoms with Gasteiger partial charge in [-0.3, -0.25) is 9.59 Å². The molecule has 5 nitrogen and oxygen atoms in total. The number of ether oxygens (including phenoxy) is 2. The van der Waals surface area contributed by atoms with Crippen LogP contribution in [-0.2, 0) is 19.1 Å². The molecular weight excluding hydrogens is 290 g/mol. The van der Waals surface area contributed by atoms with E-state index in [-0.39, 0.29) is 37.0 Å². The van der Waals surface area contributed by atoms with Crippen molar-refractivity contribution in [3.05, 3.63) is 22.4 Å². The highest BCUT2D eigenvalue weighted by Crippen LogP contribution is 2.04. The summed E-state index contributed by atoms with van der Waals surface area (Å²) in [4.78, 5) is 22.8. The van der Waals surface area contributed by atoms with E-state index < -0.39 is 0 Å². The minimum Gasteiger partial charge on any atom is -0.463 e. The van der Waals surface area contributed by atoms with E-state index in [0.29, 0.717) is 0 Å². The van der Waals surface area contributed by atoms with Gasteiger partial charge in [0.15, 0.2) is 0 Å². The predicted octanol–water partition coefficient (Wildman–Crippen LogP) is 3.29. The summed E-state index contributed by atoms with van der Waals surface area (Å²) < 4.78 is 9.72. The number of rotatable bonds is 5. The first-order valence-electron chi connectivity index (χ1n) is 6.67. The van der Waals surface area contributed by atoms with Gasteiger partial charge in [-0.1, -0.05) is 6.07 Å². The van der Waals surface area contributed by atoms with E-state index in [2.05, 4.69) is 0 Å². The molecule has 0 aliphatic rings. The van der Waals surface area contributed by atoms with Crippen LogP contribution in [0.1, 0.15) is 45.4 Å². The lowest BCUT2D eigenvalue weighted by molar-refractivity contribution is -0.154. The van der Waals surface area contributed by atoms with Crippen LogP contribution in [0.25, 0.3) is 0 Å². The highest BCUT2D eigenvalue weighted by molar-refractivity contribution is 7.10. The third-order valence-electron chi connectivity index (χ3n) is 1.90. The third kappa shape index (κ3) is 11.6. The van der Waals surface area contributed by atoms with Gasteiger partial charge in [0.05, 0.1) is 25.0 Å². The van der Waals surface area contributed by atoms with Crippen molar-refractivity contribution in [1.82, 2.24) is 0 Å². The number of nitrogens with zero attached hydrogens (tertiary/aromatic N) is 1. The number of carbonyl (C=O) groups is 2. The first-order valence-corrected chi connectivity index (χ1v) is 7.55. The first-order chi connectivity index (χ1) is 9.85. The molecule has 0 spiro atoms. The van der Waals surface area contributed by atoms with Crippen molar-refractivity contribution in [3.63, 3.8) is 0 Å². The summed E-state index contributed by atoms with van der Waals surface area (Å²) in [5, 5.41) is 10.1. The summed E-state index contributed by atoms with van der Waals surface area (Å²) in [7, 11) is 0. The molecule has 0 radical (unpaired) electrons. The van der Waals surface area contributed by atoms with Gasteiger partial charge < -0.3 is 9.47 Å². The number of hydrogen-bond donors (Lipinski definition) is 0. The van der Waals surface area contributed by atoms with E-state index in [1.54, 1.807) is 33.8 Å². The van der Waals surface area contributed by atoms with Crippen LogP contribution in [0, 0.1) is 11.3 Å². The van der Waals surface area contributed by atoms with Crippen LogP contribution in [-0.4, -0.2) is 24.1 Å². The zero-order chi connectivity index (χ0) is 16.3. The van der Waals surface area contributed by atoms with Crippen LogP contribution in [0.2, 0.25) is 0 Å². The summed E-state index contributed by atoms with van der Waals surface area (Å²) in [6, 6.07) is 5.69. The molecule has 0 aliphatic heterocycles. The largest absolute Gasteiger partial charge is 0.463 e. The maximum absolute atomic E-state index is 11.0. The smallest absolute Gasteiger partial charge is 0.306 e. The topological polar surface area (TPSA) is 76.4 Å². The normalized spacial score (nSPS) is 9.57. The maximum atomic E-state index is 11.0. The van der Waals surface area contributed by atoms with Crippen molar-refractivity contribution in [2.45, 2.75) is 52.7 Å². The van der Waals surface area contributed by atoms with Crippen LogP contribution in [0.15, 0.2) is 17.5 Å². The van der Waals surface area contributed by atoms with E-state index in [0.717, 1.165) is 4.88 Å². The highest BCUT2D eigenvalue weighted by Gasteiger charge is 2.11. The molecule has 0 unspecified atom stereocenters. The Balaban J connectivity index is 0.000000471. The SMILES string of the molecule is CC(C)OC(=O)CCC(=O)OC(C)C.N#Cc1cccs1. The van der Waals surface area contributed by atoms with E-state index in [1.165, 1.54) is 11.3 Å². The molecule has 0 aliphatic carbocycles. The fourth-order valence-corrected chi connectivity index (χ4v) is 1.70. The van der Waals surface area contributed by atoms with Crippen molar-refractivity contribution < 1.29 is 19.1 Å². The van der Waals surface area contributed by atoms with Crippen LogP contribution in [0.4, 0.5) is 0 Å². The lowest BCUT2D eigenvalue weighted by Gasteiger charge is -2.09. The van der Waals surface area contributed by atoms with E-state index in [4.69, 9.17) is 14.7 Å². The molecule has 0 bridgehead atoms. The van der Waals surface area contributed by atoms with Gasteiger partial charge in [-0.25, -0.2) is 0 Å². The van der Waals surface area contributed by atoms with E-state index in [1.807, 2.05) is 17.5 Å². The molecule has 0 N–H and O–H groups in total. The minimum atomic E-state index is -0.360. The quantitative estimate of drug-likeness (QED) is 0.780. The second-order valence-electron chi connectivity index (χ2n) is 4.67. The number of hydrogen-bond acceptors (Lipinski definition) is 6. The van der Waals surface area contributed by atoms with Gasteiger partial charge in [-0.15, -0.1) is 11.3 Å². The lowest BCUT2D eigenvalue weighted by atomic mass is 10.3. The van der Waals surface area contributed by atoms with E-state index >= 15 is 0 Å². The van der Waals surface area contributed by atoms with Gasteiger partial charge in [-0.05, 0) is 39.1 Å². The van der Waals surface area contributed by atoms with Gasteiger partial charge >= 0.3 is 11.9 Å². The molecule has 1 aromatic heterocycles. The second kappa shape index (κ2) is 10.9. The Hall–Kier alpha value is -1.87. The molecule has 6 heteroatoms. The Bertz CT molecular complexity index is 439. The summed E-state index contributed by atoms with van der Waals surface area (Å²) >= 11 is 1.46. The zero-order valence-electron chi connectivity index (χ0n) is 12.8. The molecule has 1 rings (SSSR count). The van der Waals surface area contributed by atoms with Crippen molar-refractivity contribution in [3.8, 4) is 6.07 Å². The summed E-state index contributed by atoms with van der Waals surface area (Å²) in [5.41, 5.74) is 0. The molecule has 0 fully saturated rings. The summed E-state index contributed by atoms with van der Waals surface area (Å²) in [6.07, 6.45) is -0.0970. The van der Waals surface area contributed by atoms with Gasteiger partial charge in [0.1, 0.15) is 10.9 Å². The Labute approximate surface area is 129 Å². The van der Waals surface area contributed by atoms with Crippen LogP contribution >= 0.6 is 11.3 Å². The molecule has 0 saturated heterocycles. The molecule has 0 atom stereocenters. The molecule has 0 aromatic carbocycles. The minimum absolute atomic E-state index is 0.0870. The maximum Gasteiger partial charge on any atom is 0.306 e. The van der Waals surface area contributed by atoms with Crippen molar-refractivity contribution >= 4 is 23.3 Å². The average molecular weight is 311 g/mol. The standard InChI is InChI=1S/C10H18O4.C5H3NS/c1-7(2)13-9(11)5-6-10(12)14-8(3)4;6-4-5-2-1-3-7-5/h7-8H,5-6H2,1-4H3;1-3H. The van der Waals surface area contributed by atoms with Crippen molar-refractivity contribution in [2.75, 3.05) is 0 Å². The Kier molecular flexibility index (Phi) is 9.90. The fourth-order valence-electron chi connectivity index (χ4n) is 1.19. The number of thiophene rings is 1. The average Bonchev–Trinajstić information content (AvgIpc) is 2.88. The highest BCUT2D eigenvalue weighted by atomic mass is 32.1. The predicted molar refractivity (Wildman–Crippen MR) is 80.7 cm³/mol. The number of nitriles is 1. The van der Waals surface area contributed by atoms with Crippen molar-refractivity contribution in [1.29, 1.82) is 5.26 Å². The van der Waals surface area contributed by atoms with Gasteiger partial charge in [0.2, 0.25) is 0 Å². The van der Waals surface area contributed by atoms with Crippen molar-refractivity contribution in [2.24, 2.45) is 0 Å². The lowest BCUT2D eigenvalue weighted by Crippen LogP contribution is -2.16. The first kappa shape index (κ1) is 19.1. The summed E-state index contributed by atoms with van der Waals surface area (Å²) in [5.74, 6) is -0.721. The van der Waals surface area contributed by atoms with Crippen LogP contribution in [0.5, 0.6) is 0 Å². The summed E-state index contributed by atoms with van der Waals surface area (Å²) in [6.45, 7) is 7.07. The number of esters is 2. The van der Waals surface area contributed by atoms with Crippen LogP contribution in [0.3, 0.4) is 0 Å². The van der Waals surface area contributed by atoms with Gasteiger partial charge in [0, 0.05) is 0 Å². The molecule has 21 heavy (non-hydrogen) atoms. The molecule has 0 amide bonds. The third-order valence-corrected chi connectivity index (χ3v) is 2.67. The Morgan fingerprint density at radius 3 is 1.86 bits per heavy atom. The van der Waals surface area contributed by atoms with Crippen LogP contribution < -0.4 is 0 Å². The molecular formula is C15H21NO4S. The zero-order valence-corrected chi connectivity index (χ0v) is 13.6. The number of carbonyl (C=O) groups excluding carboxylic acids is 2. The molecule has 1 heterocycles. The molecule has 116 valence electrons. The fraction of sp³-hybridized carbons (Fsp3) is 0.533. The Morgan fingerprint density at radius 1 is 1.14 bits per heavy atom. The van der Waals surface area contributed by atoms with Gasteiger partial charge in [0.25, 0.3) is 0 Å². The Morgan fingerprint density at radius 2 is 1.62 bits per heavy atom. The molecule has 1 aromatic rings. The monoisotopic (exact) mass is 311 g/mol. The van der Waals surface area contributed by atoms with E-state index in [9.17, 15) is 9.59 Å². The molecule has 0 saturated carbocycles. The van der Waals surface area contributed by atoms with Gasteiger partial charge in [-0.2, -0.15) is 5.26 Å².